The number of hydrogen-bond donors (Lipinski definition) is 2. The minimum atomic E-state index is -0.446. The molecule has 76 valence electrons. The van der Waals surface area contributed by atoms with Crippen molar-refractivity contribution in [2.24, 2.45) is 5.92 Å². The van der Waals surface area contributed by atoms with Crippen molar-refractivity contribution in [3.63, 3.8) is 0 Å². The van der Waals surface area contributed by atoms with E-state index in [0.29, 0.717) is 6.04 Å². The number of amides is 1. The molecule has 0 heterocycles. The predicted molar refractivity (Wildman–Crippen MR) is 53.5 cm³/mol. The van der Waals surface area contributed by atoms with Gasteiger partial charge in [0.05, 0.1) is 5.54 Å². The molecule has 1 saturated carbocycles. The van der Waals surface area contributed by atoms with Gasteiger partial charge < -0.3 is 10.6 Å². The van der Waals surface area contributed by atoms with Crippen LogP contribution in [0.1, 0.15) is 33.6 Å². The lowest BCUT2D eigenvalue weighted by Crippen LogP contribution is -2.55. The van der Waals surface area contributed by atoms with Crippen LogP contribution < -0.4 is 10.6 Å². The molecule has 1 fully saturated rings. The fourth-order valence-electron chi connectivity index (χ4n) is 1.50. The van der Waals surface area contributed by atoms with Crippen LogP contribution >= 0.6 is 0 Å². The normalized spacial score (nSPS) is 28.0. The summed E-state index contributed by atoms with van der Waals surface area (Å²) in [5.74, 6) is 0.884. The van der Waals surface area contributed by atoms with Gasteiger partial charge in [0.1, 0.15) is 0 Å². The standard InChI is InChI=1S/C10H20N2O/c1-7-5-8(6-7)12-9(13)10(2,3)11-4/h7-8,11H,5-6H2,1-4H3,(H,12,13). The highest BCUT2D eigenvalue weighted by atomic mass is 16.2. The molecule has 1 rings (SSSR count). The van der Waals surface area contributed by atoms with Gasteiger partial charge in [-0.2, -0.15) is 0 Å². The van der Waals surface area contributed by atoms with Gasteiger partial charge in [0, 0.05) is 6.04 Å². The van der Waals surface area contributed by atoms with Gasteiger partial charge in [-0.3, -0.25) is 4.79 Å². The van der Waals surface area contributed by atoms with Crippen molar-refractivity contribution in [3.8, 4) is 0 Å². The van der Waals surface area contributed by atoms with E-state index in [0.717, 1.165) is 18.8 Å². The highest BCUT2D eigenvalue weighted by molar-refractivity contribution is 5.85. The smallest absolute Gasteiger partial charge is 0.239 e. The molecule has 0 bridgehead atoms. The Kier molecular flexibility index (Phi) is 2.96. The summed E-state index contributed by atoms with van der Waals surface area (Å²) in [6.07, 6.45) is 2.26. The highest BCUT2D eigenvalue weighted by Gasteiger charge is 2.31. The molecular weight excluding hydrogens is 164 g/mol. The number of carbonyl (C=O) groups excluding carboxylic acids is 1. The van der Waals surface area contributed by atoms with Gasteiger partial charge in [-0.25, -0.2) is 0 Å². The molecule has 2 N–H and O–H groups in total. The summed E-state index contributed by atoms with van der Waals surface area (Å²) in [6, 6.07) is 0.412. The summed E-state index contributed by atoms with van der Waals surface area (Å²) in [4.78, 5) is 11.6. The van der Waals surface area contributed by atoms with Crippen LogP contribution in [-0.4, -0.2) is 24.5 Å². The topological polar surface area (TPSA) is 41.1 Å². The molecule has 0 aromatic carbocycles. The van der Waals surface area contributed by atoms with Crippen LogP contribution in [0.5, 0.6) is 0 Å². The van der Waals surface area contributed by atoms with E-state index < -0.39 is 5.54 Å². The van der Waals surface area contributed by atoms with Gasteiger partial charge >= 0.3 is 0 Å². The Morgan fingerprint density at radius 3 is 2.31 bits per heavy atom. The minimum absolute atomic E-state index is 0.104. The first-order valence-corrected chi connectivity index (χ1v) is 4.95. The summed E-state index contributed by atoms with van der Waals surface area (Å²) < 4.78 is 0. The van der Waals surface area contributed by atoms with E-state index in [1.165, 1.54) is 0 Å². The van der Waals surface area contributed by atoms with E-state index in [1.54, 1.807) is 0 Å². The van der Waals surface area contributed by atoms with Gasteiger partial charge in [0.25, 0.3) is 0 Å². The van der Waals surface area contributed by atoms with Crippen LogP contribution in [0, 0.1) is 5.92 Å². The van der Waals surface area contributed by atoms with Gasteiger partial charge in [-0.1, -0.05) is 6.92 Å². The van der Waals surface area contributed by atoms with Gasteiger partial charge in [-0.05, 0) is 39.7 Å². The van der Waals surface area contributed by atoms with Crippen molar-refractivity contribution in [1.29, 1.82) is 0 Å². The Labute approximate surface area is 80.3 Å². The number of carbonyl (C=O) groups is 1. The average Bonchev–Trinajstić information content (AvgIpc) is 2.01. The van der Waals surface area contributed by atoms with E-state index in [-0.39, 0.29) is 5.91 Å². The second-order valence-corrected chi connectivity index (χ2v) is 4.62. The maximum absolute atomic E-state index is 11.6. The molecule has 3 heteroatoms. The molecule has 0 saturated heterocycles. The van der Waals surface area contributed by atoms with Crippen molar-refractivity contribution in [2.75, 3.05) is 7.05 Å². The molecule has 13 heavy (non-hydrogen) atoms. The lowest BCUT2D eigenvalue weighted by atomic mass is 9.81. The molecule has 1 amide bonds. The highest BCUT2D eigenvalue weighted by Crippen LogP contribution is 2.26. The third-order valence-electron chi connectivity index (χ3n) is 2.90. The van der Waals surface area contributed by atoms with Crippen LogP contribution in [0.2, 0.25) is 0 Å². The monoisotopic (exact) mass is 184 g/mol. The SMILES string of the molecule is CNC(C)(C)C(=O)NC1CC(C)C1. The van der Waals surface area contributed by atoms with Crippen LogP contribution in [0.4, 0.5) is 0 Å². The van der Waals surface area contributed by atoms with Gasteiger partial charge in [0.15, 0.2) is 0 Å². The Morgan fingerprint density at radius 1 is 1.38 bits per heavy atom. The largest absolute Gasteiger partial charge is 0.352 e. The van der Waals surface area contributed by atoms with E-state index in [9.17, 15) is 4.79 Å². The number of nitrogens with one attached hydrogen (secondary N) is 2. The number of likely N-dealkylation sites (N-methyl/N-ethyl adjacent to an activating group) is 1. The fraction of sp³-hybridized carbons (Fsp3) is 0.900. The quantitative estimate of drug-likeness (QED) is 0.684. The zero-order valence-corrected chi connectivity index (χ0v) is 8.98. The third-order valence-corrected chi connectivity index (χ3v) is 2.90. The Morgan fingerprint density at radius 2 is 1.92 bits per heavy atom. The zero-order valence-electron chi connectivity index (χ0n) is 8.98. The Hall–Kier alpha value is -0.570. The molecule has 0 atom stereocenters. The molecule has 0 aromatic heterocycles. The van der Waals surface area contributed by atoms with E-state index in [4.69, 9.17) is 0 Å². The minimum Gasteiger partial charge on any atom is -0.352 e. The van der Waals surface area contributed by atoms with Crippen LogP contribution in [0.25, 0.3) is 0 Å². The van der Waals surface area contributed by atoms with Crippen LogP contribution in [-0.2, 0) is 4.79 Å². The average molecular weight is 184 g/mol. The van der Waals surface area contributed by atoms with E-state index in [1.807, 2.05) is 20.9 Å². The summed E-state index contributed by atoms with van der Waals surface area (Å²) >= 11 is 0. The lowest BCUT2D eigenvalue weighted by Gasteiger charge is -2.35. The molecule has 1 aliphatic rings. The second-order valence-electron chi connectivity index (χ2n) is 4.62. The van der Waals surface area contributed by atoms with Crippen molar-refractivity contribution >= 4 is 5.91 Å². The fourth-order valence-corrected chi connectivity index (χ4v) is 1.50. The Bertz CT molecular complexity index is 195. The van der Waals surface area contributed by atoms with Crippen molar-refractivity contribution < 1.29 is 4.79 Å². The van der Waals surface area contributed by atoms with E-state index >= 15 is 0 Å². The van der Waals surface area contributed by atoms with Gasteiger partial charge in [-0.15, -0.1) is 0 Å². The Balaban J connectivity index is 2.33. The molecule has 0 aliphatic heterocycles. The van der Waals surface area contributed by atoms with Gasteiger partial charge in [0.2, 0.25) is 5.91 Å². The molecule has 0 radical (unpaired) electrons. The lowest BCUT2D eigenvalue weighted by molar-refractivity contribution is -0.127. The summed E-state index contributed by atoms with van der Waals surface area (Å²) in [7, 11) is 1.81. The van der Waals surface area contributed by atoms with Crippen LogP contribution in [0.15, 0.2) is 0 Å². The molecule has 1 aliphatic carbocycles. The first-order valence-electron chi connectivity index (χ1n) is 4.95. The maximum atomic E-state index is 11.6. The van der Waals surface area contributed by atoms with E-state index in [2.05, 4.69) is 17.6 Å². The van der Waals surface area contributed by atoms with Crippen molar-refractivity contribution in [2.45, 2.75) is 45.2 Å². The molecular formula is C10H20N2O. The summed E-state index contributed by atoms with van der Waals surface area (Å²) in [5.41, 5.74) is -0.446. The summed E-state index contributed by atoms with van der Waals surface area (Å²) in [5, 5.41) is 6.03. The summed E-state index contributed by atoms with van der Waals surface area (Å²) in [6.45, 7) is 6.00. The second kappa shape index (κ2) is 3.66. The molecule has 3 nitrogen and oxygen atoms in total. The zero-order chi connectivity index (χ0) is 10.1. The van der Waals surface area contributed by atoms with Crippen LogP contribution in [0.3, 0.4) is 0 Å². The number of rotatable bonds is 3. The molecule has 0 unspecified atom stereocenters. The van der Waals surface area contributed by atoms with Crippen molar-refractivity contribution in [3.05, 3.63) is 0 Å². The first-order chi connectivity index (χ1) is 5.95. The maximum Gasteiger partial charge on any atom is 0.239 e. The first kappa shape index (κ1) is 10.5. The molecule has 0 spiro atoms. The predicted octanol–water partition coefficient (Wildman–Crippen LogP) is 0.899. The molecule has 0 aromatic rings. The number of hydrogen-bond acceptors (Lipinski definition) is 2. The van der Waals surface area contributed by atoms with Crippen molar-refractivity contribution in [1.82, 2.24) is 10.6 Å². The third kappa shape index (κ3) is 2.44.